The summed E-state index contributed by atoms with van der Waals surface area (Å²) in [5.74, 6) is 1.27. The van der Waals surface area contributed by atoms with Crippen LogP contribution in [0, 0.1) is 6.92 Å². The molecule has 22 heavy (non-hydrogen) atoms. The summed E-state index contributed by atoms with van der Waals surface area (Å²) >= 11 is 0. The highest BCUT2D eigenvalue weighted by molar-refractivity contribution is 5.93. The summed E-state index contributed by atoms with van der Waals surface area (Å²) in [5.41, 5.74) is 1.57. The zero-order chi connectivity index (χ0) is 15.4. The quantitative estimate of drug-likeness (QED) is 0.935. The molecule has 1 aliphatic rings. The number of pyridine rings is 1. The van der Waals surface area contributed by atoms with Gasteiger partial charge in [-0.15, -0.1) is 0 Å². The van der Waals surface area contributed by atoms with Crippen LogP contribution >= 0.6 is 0 Å². The second-order valence-electron chi connectivity index (χ2n) is 5.39. The Bertz CT molecular complexity index is 653. The number of hydrogen-bond donors (Lipinski definition) is 1. The second kappa shape index (κ2) is 6.51. The van der Waals surface area contributed by atoms with Gasteiger partial charge in [0, 0.05) is 38.1 Å². The molecule has 0 atom stereocenters. The molecule has 3 rings (SSSR count). The predicted molar refractivity (Wildman–Crippen MR) is 83.5 cm³/mol. The SMILES string of the molecule is Cc1nc(NCc2ccncc2)cc(C(=O)N2CCCC2)n1. The third-order valence-electron chi connectivity index (χ3n) is 3.67. The molecule has 2 aromatic rings. The molecule has 0 bridgehead atoms. The van der Waals surface area contributed by atoms with Crippen LogP contribution in [0.2, 0.25) is 0 Å². The van der Waals surface area contributed by atoms with Crippen molar-refractivity contribution < 1.29 is 4.79 Å². The smallest absolute Gasteiger partial charge is 0.272 e. The summed E-state index contributed by atoms with van der Waals surface area (Å²) in [6, 6.07) is 5.61. The maximum absolute atomic E-state index is 12.4. The monoisotopic (exact) mass is 297 g/mol. The van der Waals surface area contributed by atoms with Crippen LogP contribution < -0.4 is 5.32 Å². The zero-order valence-electron chi connectivity index (χ0n) is 12.6. The van der Waals surface area contributed by atoms with Crippen molar-refractivity contribution in [1.82, 2.24) is 19.9 Å². The van der Waals surface area contributed by atoms with E-state index in [0.29, 0.717) is 23.9 Å². The van der Waals surface area contributed by atoms with E-state index in [2.05, 4.69) is 20.3 Å². The summed E-state index contributed by atoms with van der Waals surface area (Å²) in [6.45, 7) is 4.08. The minimum Gasteiger partial charge on any atom is -0.366 e. The summed E-state index contributed by atoms with van der Waals surface area (Å²) in [6.07, 6.45) is 5.65. The van der Waals surface area contributed by atoms with E-state index in [4.69, 9.17) is 0 Å². The molecule has 0 unspecified atom stereocenters. The fraction of sp³-hybridized carbons (Fsp3) is 0.375. The van der Waals surface area contributed by atoms with Crippen LogP contribution in [-0.4, -0.2) is 38.8 Å². The van der Waals surface area contributed by atoms with Crippen molar-refractivity contribution in [3.63, 3.8) is 0 Å². The molecule has 0 radical (unpaired) electrons. The van der Waals surface area contributed by atoms with E-state index in [-0.39, 0.29) is 5.91 Å². The first-order valence-corrected chi connectivity index (χ1v) is 7.50. The molecule has 1 amide bonds. The van der Waals surface area contributed by atoms with Crippen LogP contribution in [0.4, 0.5) is 5.82 Å². The van der Waals surface area contributed by atoms with E-state index in [1.54, 1.807) is 25.4 Å². The summed E-state index contributed by atoms with van der Waals surface area (Å²) in [7, 11) is 0. The van der Waals surface area contributed by atoms with Gasteiger partial charge >= 0.3 is 0 Å². The number of hydrogen-bond acceptors (Lipinski definition) is 5. The fourth-order valence-electron chi connectivity index (χ4n) is 2.54. The van der Waals surface area contributed by atoms with Gasteiger partial charge in [0.25, 0.3) is 5.91 Å². The molecule has 2 aromatic heterocycles. The largest absolute Gasteiger partial charge is 0.366 e. The van der Waals surface area contributed by atoms with Gasteiger partial charge in [0.05, 0.1) is 0 Å². The average molecular weight is 297 g/mol. The van der Waals surface area contributed by atoms with Crippen LogP contribution in [0.3, 0.4) is 0 Å². The van der Waals surface area contributed by atoms with Crippen LogP contribution in [0.25, 0.3) is 0 Å². The van der Waals surface area contributed by atoms with Gasteiger partial charge in [-0.05, 0) is 37.5 Å². The third kappa shape index (κ3) is 3.39. The Kier molecular flexibility index (Phi) is 4.27. The topological polar surface area (TPSA) is 71.0 Å². The Hall–Kier alpha value is -2.50. The lowest BCUT2D eigenvalue weighted by atomic mass is 10.2. The van der Waals surface area contributed by atoms with Crippen molar-refractivity contribution in [3.8, 4) is 0 Å². The van der Waals surface area contributed by atoms with Gasteiger partial charge in [-0.25, -0.2) is 9.97 Å². The molecular weight excluding hydrogens is 278 g/mol. The van der Waals surface area contributed by atoms with E-state index in [1.807, 2.05) is 17.0 Å². The van der Waals surface area contributed by atoms with E-state index < -0.39 is 0 Å². The molecule has 1 fully saturated rings. The number of aryl methyl sites for hydroxylation is 1. The molecule has 0 spiro atoms. The predicted octanol–water partition coefficient (Wildman–Crippen LogP) is 2.03. The first-order valence-electron chi connectivity index (χ1n) is 7.50. The fourth-order valence-corrected chi connectivity index (χ4v) is 2.54. The number of rotatable bonds is 4. The average Bonchev–Trinajstić information content (AvgIpc) is 3.07. The van der Waals surface area contributed by atoms with Gasteiger partial charge in [0.2, 0.25) is 0 Å². The van der Waals surface area contributed by atoms with Gasteiger partial charge in [-0.2, -0.15) is 0 Å². The normalized spacial score (nSPS) is 14.1. The van der Waals surface area contributed by atoms with Gasteiger partial charge in [-0.3, -0.25) is 9.78 Å². The van der Waals surface area contributed by atoms with Crippen molar-refractivity contribution in [2.24, 2.45) is 0 Å². The van der Waals surface area contributed by atoms with Crippen molar-refractivity contribution in [1.29, 1.82) is 0 Å². The first-order chi connectivity index (χ1) is 10.7. The van der Waals surface area contributed by atoms with Crippen molar-refractivity contribution >= 4 is 11.7 Å². The Labute approximate surface area is 129 Å². The minimum atomic E-state index is -0.00467. The number of carbonyl (C=O) groups excluding carboxylic acids is 1. The third-order valence-corrected chi connectivity index (χ3v) is 3.67. The maximum Gasteiger partial charge on any atom is 0.272 e. The molecule has 0 saturated carbocycles. The Morgan fingerprint density at radius 1 is 1.23 bits per heavy atom. The summed E-state index contributed by atoms with van der Waals surface area (Å²) in [5, 5.41) is 3.24. The van der Waals surface area contributed by atoms with Crippen LogP contribution in [0.5, 0.6) is 0 Å². The van der Waals surface area contributed by atoms with Crippen LogP contribution in [-0.2, 0) is 6.54 Å². The molecule has 1 saturated heterocycles. The molecule has 1 aliphatic heterocycles. The Balaban J connectivity index is 1.73. The molecule has 0 aliphatic carbocycles. The van der Waals surface area contributed by atoms with E-state index in [9.17, 15) is 4.79 Å². The van der Waals surface area contributed by atoms with Crippen molar-refractivity contribution in [2.45, 2.75) is 26.3 Å². The zero-order valence-corrected chi connectivity index (χ0v) is 12.6. The molecule has 1 N–H and O–H groups in total. The molecule has 114 valence electrons. The lowest BCUT2D eigenvalue weighted by Gasteiger charge is -2.15. The molecule has 0 aromatic carbocycles. The molecule has 6 heteroatoms. The highest BCUT2D eigenvalue weighted by Crippen LogP contribution is 2.14. The van der Waals surface area contributed by atoms with Crippen molar-refractivity contribution in [3.05, 3.63) is 47.7 Å². The number of anilines is 1. The lowest BCUT2D eigenvalue weighted by molar-refractivity contribution is 0.0786. The molecule has 3 heterocycles. The van der Waals surface area contributed by atoms with Gasteiger partial charge < -0.3 is 10.2 Å². The number of aromatic nitrogens is 3. The summed E-state index contributed by atoms with van der Waals surface area (Å²) < 4.78 is 0. The van der Waals surface area contributed by atoms with Gasteiger partial charge in [0.15, 0.2) is 0 Å². The summed E-state index contributed by atoms with van der Waals surface area (Å²) in [4.78, 5) is 26.9. The minimum absolute atomic E-state index is 0.00467. The number of likely N-dealkylation sites (tertiary alicyclic amines) is 1. The van der Waals surface area contributed by atoms with E-state index >= 15 is 0 Å². The van der Waals surface area contributed by atoms with Crippen LogP contribution in [0.1, 0.15) is 34.7 Å². The molecule has 6 nitrogen and oxygen atoms in total. The first kappa shape index (κ1) is 14.4. The Morgan fingerprint density at radius 2 is 1.95 bits per heavy atom. The lowest BCUT2D eigenvalue weighted by Crippen LogP contribution is -2.28. The van der Waals surface area contributed by atoms with Gasteiger partial charge in [0.1, 0.15) is 17.3 Å². The highest BCUT2D eigenvalue weighted by atomic mass is 16.2. The Morgan fingerprint density at radius 3 is 2.68 bits per heavy atom. The molecular formula is C16H19N5O. The number of nitrogens with one attached hydrogen (secondary N) is 1. The number of carbonyl (C=O) groups is 1. The van der Waals surface area contributed by atoms with Crippen LogP contribution in [0.15, 0.2) is 30.6 Å². The van der Waals surface area contributed by atoms with Crippen molar-refractivity contribution in [2.75, 3.05) is 18.4 Å². The van der Waals surface area contributed by atoms with E-state index in [1.165, 1.54) is 0 Å². The standard InChI is InChI=1S/C16H19N5O/c1-12-19-14(16(22)21-8-2-3-9-21)10-15(20-12)18-11-13-4-6-17-7-5-13/h4-7,10H,2-3,8-9,11H2,1H3,(H,18,19,20). The number of nitrogens with zero attached hydrogens (tertiary/aromatic N) is 4. The number of amides is 1. The second-order valence-corrected chi connectivity index (χ2v) is 5.39. The van der Waals surface area contributed by atoms with E-state index in [0.717, 1.165) is 31.5 Å². The maximum atomic E-state index is 12.4. The van der Waals surface area contributed by atoms with Gasteiger partial charge in [-0.1, -0.05) is 0 Å². The highest BCUT2D eigenvalue weighted by Gasteiger charge is 2.21.